The Bertz CT molecular complexity index is 2250. The number of hydrogen-bond acceptors (Lipinski definition) is 12. The second kappa shape index (κ2) is 18.4. The van der Waals surface area contributed by atoms with Crippen LogP contribution in [0.1, 0.15) is 102 Å². The molecule has 1 aliphatic carbocycles. The highest BCUT2D eigenvalue weighted by Crippen LogP contribution is 2.50. The molecule has 3 aliphatic heterocycles. The standard InChI is InChI=1S/C46H57N3O10S/c1-31-14-18-37-35(29-31)45(2,3)40(48(37)25-26-58-28-27-57-6)21-16-33-12-10-11-32(44(33)53)15-20-39-46(4,5)36-30-34(60(54,55)56)17-19-38(36)47(39)24-9-7-8-13-43(52)59-49-41(50)22-23-42(49)51/h14-21,29-30H,7-13,22-28H2,1-6H3,(H,54,55,56)/p-1. The molecule has 322 valence electrons. The van der Waals surface area contributed by atoms with Crippen molar-refractivity contribution < 1.29 is 46.5 Å². The fourth-order valence-corrected chi connectivity index (χ4v) is 9.08. The number of hydroxylamine groups is 2. The highest BCUT2D eigenvalue weighted by molar-refractivity contribution is 7.85. The molecule has 2 aromatic rings. The lowest BCUT2D eigenvalue weighted by atomic mass is 9.82. The fourth-order valence-electron chi connectivity index (χ4n) is 8.58. The van der Waals surface area contributed by atoms with Gasteiger partial charge in [-0.15, -0.1) is 5.06 Å². The molecule has 4 aliphatic rings. The molecule has 14 heteroatoms. The van der Waals surface area contributed by atoms with Gasteiger partial charge in [-0.3, -0.25) is 14.4 Å². The van der Waals surface area contributed by atoms with Crippen LogP contribution < -0.4 is 9.80 Å². The Morgan fingerprint density at radius 1 is 0.750 bits per heavy atom. The first-order valence-electron chi connectivity index (χ1n) is 20.7. The van der Waals surface area contributed by atoms with E-state index in [-0.39, 0.29) is 35.4 Å². The van der Waals surface area contributed by atoms with Gasteiger partial charge in [0.05, 0.1) is 24.7 Å². The number of imide groups is 1. The van der Waals surface area contributed by atoms with Crippen LogP contribution in [-0.2, 0) is 54.4 Å². The van der Waals surface area contributed by atoms with Gasteiger partial charge >= 0.3 is 5.97 Å². The molecule has 0 spiro atoms. The van der Waals surface area contributed by atoms with Gasteiger partial charge in [0, 0.05) is 73.1 Å². The summed E-state index contributed by atoms with van der Waals surface area (Å²) in [5, 5.41) is 0.550. The number of anilines is 2. The van der Waals surface area contributed by atoms with Crippen molar-refractivity contribution >= 4 is 45.1 Å². The van der Waals surface area contributed by atoms with Crippen molar-refractivity contribution in [3.05, 3.63) is 99.9 Å². The van der Waals surface area contributed by atoms with Crippen molar-refractivity contribution in [1.29, 1.82) is 0 Å². The fraction of sp³-hybridized carbons (Fsp3) is 0.478. The van der Waals surface area contributed by atoms with Crippen LogP contribution in [0.5, 0.6) is 0 Å². The SMILES string of the molecule is COCCOCCN1C(=CC=C2CCCC(=CC=C3N(CCCCCC(=O)ON4C(=O)CCC4=O)c4ccc(S(=O)(=O)[O-])cc4C3(C)C)C2=O)C(C)(C)c2cc(C)ccc21. The number of aryl methyl sites for hydroxylation is 1. The maximum Gasteiger partial charge on any atom is 0.333 e. The lowest BCUT2D eigenvalue weighted by molar-refractivity contribution is -0.197. The summed E-state index contributed by atoms with van der Waals surface area (Å²) in [6.07, 6.45) is 11.7. The molecule has 3 heterocycles. The summed E-state index contributed by atoms with van der Waals surface area (Å²) in [6.45, 7) is 13.1. The number of carbonyl (C=O) groups excluding carboxylic acids is 4. The molecule has 6 rings (SSSR count). The summed E-state index contributed by atoms with van der Waals surface area (Å²) < 4.78 is 47.2. The number of hydrogen-bond donors (Lipinski definition) is 0. The third kappa shape index (κ3) is 9.52. The molecule has 60 heavy (non-hydrogen) atoms. The van der Waals surface area contributed by atoms with Gasteiger partial charge in [0.1, 0.15) is 10.1 Å². The molecule has 1 saturated heterocycles. The van der Waals surface area contributed by atoms with Crippen molar-refractivity contribution in [3.8, 4) is 0 Å². The van der Waals surface area contributed by atoms with E-state index in [0.29, 0.717) is 81.2 Å². The van der Waals surface area contributed by atoms with Crippen molar-refractivity contribution in [3.63, 3.8) is 0 Å². The van der Waals surface area contributed by atoms with E-state index in [1.54, 1.807) is 13.2 Å². The summed E-state index contributed by atoms with van der Waals surface area (Å²) in [4.78, 5) is 59.2. The molecule has 0 unspecified atom stereocenters. The molecule has 1 saturated carbocycles. The highest BCUT2D eigenvalue weighted by atomic mass is 32.2. The largest absolute Gasteiger partial charge is 0.744 e. The van der Waals surface area contributed by atoms with Crippen molar-refractivity contribution in [2.45, 2.75) is 108 Å². The number of amides is 2. The van der Waals surface area contributed by atoms with Crippen LogP contribution in [0.2, 0.25) is 0 Å². The van der Waals surface area contributed by atoms with Crippen molar-refractivity contribution in [1.82, 2.24) is 5.06 Å². The second-order valence-corrected chi connectivity index (χ2v) is 18.2. The maximum absolute atomic E-state index is 14.1. The summed E-state index contributed by atoms with van der Waals surface area (Å²) >= 11 is 0. The number of methoxy groups -OCH3 is 1. The molecule has 0 radical (unpaired) electrons. The first-order valence-corrected chi connectivity index (χ1v) is 22.1. The molecule has 0 N–H and O–H groups in total. The zero-order chi connectivity index (χ0) is 43.4. The van der Waals surface area contributed by atoms with Gasteiger partial charge in [-0.2, -0.15) is 0 Å². The first-order chi connectivity index (χ1) is 28.4. The van der Waals surface area contributed by atoms with Crippen molar-refractivity contribution in [2.75, 3.05) is 49.8 Å². The summed E-state index contributed by atoms with van der Waals surface area (Å²) in [5.41, 5.74) is 7.29. The zero-order valence-corrected chi connectivity index (χ0v) is 36.3. The molecule has 2 aromatic carbocycles. The minimum absolute atomic E-state index is 0.0163. The average Bonchev–Trinajstić information content (AvgIpc) is 3.70. The minimum atomic E-state index is -4.71. The summed E-state index contributed by atoms with van der Waals surface area (Å²) in [7, 11) is -3.06. The number of ketones is 1. The van der Waals surface area contributed by atoms with Gasteiger partial charge in [-0.1, -0.05) is 64.0 Å². The Labute approximate surface area is 353 Å². The summed E-state index contributed by atoms with van der Waals surface area (Å²) in [6, 6.07) is 10.9. The molecule has 2 amide bonds. The topological polar surface area (TPSA) is 163 Å². The molecule has 13 nitrogen and oxygen atoms in total. The first kappa shape index (κ1) is 44.7. The van der Waals surface area contributed by atoms with Crippen LogP contribution >= 0.6 is 0 Å². The highest BCUT2D eigenvalue weighted by Gasteiger charge is 2.41. The van der Waals surface area contributed by atoms with Gasteiger partial charge in [0.15, 0.2) is 5.78 Å². The number of benzene rings is 2. The lowest BCUT2D eigenvalue weighted by Crippen LogP contribution is -2.32. The van der Waals surface area contributed by atoms with Gasteiger partial charge in [0.2, 0.25) is 0 Å². The van der Waals surface area contributed by atoms with Gasteiger partial charge < -0.3 is 28.7 Å². The van der Waals surface area contributed by atoms with E-state index >= 15 is 0 Å². The Kier molecular flexibility index (Phi) is 13.7. The molecular weight excluding hydrogens is 787 g/mol. The van der Waals surface area contributed by atoms with E-state index in [2.05, 4.69) is 54.8 Å². The van der Waals surface area contributed by atoms with Gasteiger partial charge in [-0.05, 0) is 97.7 Å². The number of rotatable bonds is 16. The maximum atomic E-state index is 14.1. The van der Waals surface area contributed by atoms with E-state index in [9.17, 15) is 32.1 Å². The minimum Gasteiger partial charge on any atom is -0.744 e. The number of unbranched alkanes of at least 4 members (excludes halogenated alkanes) is 2. The van der Waals surface area contributed by atoms with Crippen molar-refractivity contribution in [2.24, 2.45) is 0 Å². The van der Waals surface area contributed by atoms with Crippen LogP contribution in [0.15, 0.2) is 88.1 Å². The Morgan fingerprint density at radius 3 is 1.93 bits per heavy atom. The van der Waals surface area contributed by atoms with Crippen LogP contribution in [0.3, 0.4) is 0 Å². The van der Waals surface area contributed by atoms with E-state index in [0.717, 1.165) is 34.8 Å². The van der Waals surface area contributed by atoms with Gasteiger partial charge in [0.25, 0.3) is 11.8 Å². The Morgan fingerprint density at radius 2 is 1.33 bits per heavy atom. The number of fused-ring (bicyclic) bond motifs is 2. The number of carbonyl (C=O) groups is 4. The number of ether oxygens (including phenoxy) is 2. The average molecular weight is 843 g/mol. The van der Waals surface area contributed by atoms with E-state index in [1.165, 1.54) is 23.3 Å². The molecule has 0 bridgehead atoms. The zero-order valence-electron chi connectivity index (χ0n) is 35.5. The number of nitrogens with zero attached hydrogens (tertiary/aromatic N) is 3. The van der Waals surface area contributed by atoms with Gasteiger partial charge in [-0.25, -0.2) is 13.2 Å². The third-order valence-corrected chi connectivity index (χ3v) is 12.7. The Balaban J connectivity index is 1.22. The molecular formula is C46H56N3O10S-. The summed E-state index contributed by atoms with van der Waals surface area (Å²) in [5.74, 6) is -1.72. The predicted molar refractivity (Wildman–Crippen MR) is 226 cm³/mol. The molecule has 2 fully saturated rings. The Hall–Kier alpha value is -4.89. The van der Waals surface area contributed by atoms with Crippen LogP contribution in [0.4, 0.5) is 11.4 Å². The number of allylic oxidation sites excluding steroid dienone is 8. The van der Waals surface area contributed by atoms with E-state index in [4.69, 9.17) is 14.3 Å². The lowest BCUT2D eigenvalue weighted by Gasteiger charge is -2.27. The van der Waals surface area contributed by atoms with Crippen LogP contribution in [0, 0.1) is 6.92 Å². The number of Topliss-reactive ketones (excluding diaryl/α,β-unsaturated/α-hetero) is 1. The molecule has 0 aromatic heterocycles. The predicted octanol–water partition coefficient (Wildman–Crippen LogP) is 7.00. The monoisotopic (exact) mass is 842 g/mol. The second-order valence-electron chi connectivity index (χ2n) is 16.8. The van der Waals surface area contributed by atoms with Crippen LogP contribution in [0.25, 0.3) is 0 Å². The third-order valence-electron chi connectivity index (χ3n) is 11.9. The van der Waals surface area contributed by atoms with E-state index in [1.807, 2.05) is 32.1 Å². The molecule has 0 atom stereocenters. The quantitative estimate of drug-likeness (QED) is 0.0738. The normalized spacial score (nSPS) is 21.2. The van der Waals surface area contributed by atoms with Crippen LogP contribution in [-0.4, -0.2) is 81.6 Å². The van der Waals surface area contributed by atoms with E-state index < -0.39 is 33.3 Å². The smallest absolute Gasteiger partial charge is 0.333 e.